The van der Waals surface area contributed by atoms with E-state index in [4.69, 9.17) is 4.74 Å². The highest BCUT2D eigenvalue weighted by Crippen LogP contribution is 2.29. The molecule has 0 radical (unpaired) electrons. The number of benzene rings is 2. The van der Waals surface area contributed by atoms with E-state index in [0.717, 1.165) is 18.0 Å². The van der Waals surface area contributed by atoms with E-state index in [-0.39, 0.29) is 11.9 Å². The van der Waals surface area contributed by atoms with Gasteiger partial charge in [0.1, 0.15) is 11.9 Å². The average molecular weight is 310 g/mol. The van der Waals surface area contributed by atoms with Gasteiger partial charge in [0, 0.05) is 12.1 Å². The summed E-state index contributed by atoms with van der Waals surface area (Å²) >= 11 is 0. The fraction of sp³-hybridized carbons (Fsp3) is 0.316. The molecule has 0 bridgehead atoms. The van der Waals surface area contributed by atoms with Crippen molar-refractivity contribution in [3.63, 3.8) is 0 Å². The summed E-state index contributed by atoms with van der Waals surface area (Å²) in [6.45, 7) is 5.86. The van der Waals surface area contributed by atoms with Crippen molar-refractivity contribution in [3.8, 4) is 5.75 Å². The van der Waals surface area contributed by atoms with Crippen LogP contribution in [0.5, 0.6) is 5.75 Å². The van der Waals surface area contributed by atoms with Gasteiger partial charge >= 0.3 is 0 Å². The fourth-order valence-electron chi connectivity index (χ4n) is 2.58. The number of Topliss-reactive ketones (excluding diaryl/α,β-unsaturated/α-hetero) is 1. The van der Waals surface area contributed by atoms with E-state index in [1.165, 1.54) is 11.1 Å². The molecule has 0 saturated heterocycles. The summed E-state index contributed by atoms with van der Waals surface area (Å²) in [4.78, 5) is 12.3. The molecule has 2 aromatic carbocycles. The normalized spacial score (nSPS) is 16.2. The number of fused-ring (bicyclic) bond motifs is 1. The maximum absolute atomic E-state index is 12.3. The average Bonchev–Trinajstić information content (AvgIpc) is 2.56. The summed E-state index contributed by atoms with van der Waals surface area (Å²) in [5.74, 6) is 0.897. The van der Waals surface area contributed by atoms with E-state index in [1.807, 2.05) is 25.1 Å². The molecule has 2 N–H and O–H groups in total. The third-order valence-electron chi connectivity index (χ3n) is 3.94. The largest absolute Gasteiger partial charge is 0.487 e. The van der Waals surface area contributed by atoms with Gasteiger partial charge in [-0.05, 0) is 37.6 Å². The van der Waals surface area contributed by atoms with Crippen LogP contribution in [-0.4, -0.2) is 25.0 Å². The van der Waals surface area contributed by atoms with Crippen molar-refractivity contribution in [1.29, 1.82) is 0 Å². The van der Waals surface area contributed by atoms with Crippen LogP contribution in [-0.2, 0) is 6.54 Å². The lowest BCUT2D eigenvalue weighted by molar-refractivity contribution is 0.0990. The molecule has 0 spiro atoms. The number of rotatable bonds is 5. The van der Waals surface area contributed by atoms with Crippen LogP contribution in [0, 0.1) is 6.92 Å². The monoisotopic (exact) mass is 310 g/mol. The minimum atomic E-state index is 0.0836. The summed E-state index contributed by atoms with van der Waals surface area (Å²) in [5, 5.41) is 6.50. The predicted molar refractivity (Wildman–Crippen MR) is 92.2 cm³/mol. The standard InChI is InChI=1S/C19H22N2O2/c1-13-3-5-15(6-4-13)11-20-12-18(22)16-7-8-19-17(9-16)21-10-14(2)23-19/h3-9,14,20-21H,10-12H2,1-2H3. The molecule has 0 fully saturated rings. The second-order valence-corrected chi connectivity index (χ2v) is 6.03. The molecule has 0 aromatic heterocycles. The van der Waals surface area contributed by atoms with Crippen LogP contribution in [0.1, 0.15) is 28.4 Å². The molecule has 23 heavy (non-hydrogen) atoms. The van der Waals surface area contributed by atoms with E-state index < -0.39 is 0 Å². The van der Waals surface area contributed by atoms with Crippen LogP contribution in [0.4, 0.5) is 5.69 Å². The van der Waals surface area contributed by atoms with Gasteiger partial charge < -0.3 is 15.4 Å². The van der Waals surface area contributed by atoms with Crippen molar-refractivity contribution in [2.75, 3.05) is 18.4 Å². The molecule has 120 valence electrons. The zero-order valence-electron chi connectivity index (χ0n) is 13.6. The Morgan fingerprint density at radius 2 is 2.04 bits per heavy atom. The van der Waals surface area contributed by atoms with Crippen LogP contribution >= 0.6 is 0 Å². The zero-order chi connectivity index (χ0) is 16.2. The Bertz CT molecular complexity index is 695. The lowest BCUT2D eigenvalue weighted by Crippen LogP contribution is -2.28. The molecule has 4 nitrogen and oxygen atoms in total. The molecule has 0 amide bonds. The van der Waals surface area contributed by atoms with Crippen molar-refractivity contribution in [3.05, 3.63) is 59.2 Å². The first-order valence-corrected chi connectivity index (χ1v) is 7.96. The summed E-state index contributed by atoms with van der Waals surface area (Å²) in [7, 11) is 0. The van der Waals surface area contributed by atoms with Crippen molar-refractivity contribution in [1.82, 2.24) is 5.32 Å². The Morgan fingerprint density at radius 3 is 2.83 bits per heavy atom. The number of ketones is 1. The Labute approximate surface area is 136 Å². The minimum absolute atomic E-state index is 0.0836. The molecular weight excluding hydrogens is 288 g/mol. The van der Waals surface area contributed by atoms with Crippen LogP contribution in [0.25, 0.3) is 0 Å². The molecule has 3 rings (SSSR count). The highest BCUT2D eigenvalue weighted by molar-refractivity contribution is 5.98. The van der Waals surface area contributed by atoms with E-state index in [2.05, 4.69) is 41.8 Å². The SMILES string of the molecule is Cc1ccc(CNCC(=O)c2ccc3c(c2)NCC(C)O3)cc1. The van der Waals surface area contributed by atoms with Crippen molar-refractivity contribution < 1.29 is 9.53 Å². The molecule has 1 unspecified atom stereocenters. The van der Waals surface area contributed by atoms with Gasteiger partial charge in [-0.3, -0.25) is 4.79 Å². The number of carbonyl (C=O) groups is 1. The first kappa shape index (κ1) is 15.6. The Kier molecular flexibility index (Phi) is 4.63. The summed E-state index contributed by atoms with van der Waals surface area (Å²) in [5.41, 5.74) is 4.01. The molecule has 4 heteroatoms. The van der Waals surface area contributed by atoms with E-state index in [0.29, 0.717) is 18.7 Å². The number of hydrogen-bond donors (Lipinski definition) is 2. The summed E-state index contributed by atoms with van der Waals surface area (Å²) in [6, 6.07) is 13.9. The van der Waals surface area contributed by atoms with E-state index in [1.54, 1.807) is 0 Å². The number of ether oxygens (including phenoxy) is 1. The van der Waals surface area contributed by atoms with Crippen molar-refractivity contribution in [2.24, 2.45) is 0 Å². The Balaban J connectivity index is 1.57. The van der Waals surface area contributed by atoms with Gasteiger partial charge in [0.2, 0.25) is 0 Å². The number of aryl methyl sites for hydroxylation is 1. The highest BCUT2D eigenvalue weighted by Gasteiger charge is 2.17. The quantitative estimate of drug-likeness (QED) is 0.833. The molecule has 1 atom stereocenters. The first-order chi connectivity index (χ1) is 11.1. The van der Waals surface area contributed by atoms with Crippen LogP contribution < -0.4 is 15.4 Å². The van der Waals surface area contributed by atoms with Gasteiger partial charge in [0.25, 0.3) is 0 Å². The summed E-state index contributed by atoms with van der Waals surface area (Å²) in [6.07, 6.45) is 0.153. The maximum atomic E-state index is 12.3. The molecule has 0 aliphatic carbocycles. The van der Waals surface area contributed by atoms with Gasteiger partial charge in [-0.1, -0.05) is 29.8 Å². The van der Waals surface area contributed by atoms with Crippen molar-refractivity contribution in [2.45, 2.75) is 26.5 Å². The van der Waals surface area contributed by atoms with Crippen LogP contribution in [0.15, 0.2) is 42.5 Å². The van der Waals surface area contributed by atoms with Crippen molar-refractivity contribution >= 4 is 11.5 Å². The molecular formula is C19H22N2O2. The van der Waals surface area contributed by atoms with E-state index in [9.17, 15) is 4.79 Å². The topological polar surface area (TPSA) is 50.4 Å². The lowest BCUT2D eigenvalue weighted by Gasteiger charge is -2.25. The third kappa shape index (κ3) is 3.90. The fourth-order valence-corrected chi connectivity index (χ4v) is 2.58. The van der Waals surface area contributed by atoms with Gasteiger partial charge in [0.05, 0.1) is 18.8 Å². The zero-order valence-corrected chi connectivity index (χ0v) is 13.6. The highest BCUT2D eigenvalue weighted by atomic mass is 16.5. The van der Waals surface area contributed by atoms with Crippen LogP contribution in [0.3, 0.4) is 0 Å². The molecule has 0 saturated carbocycles. The van der Waals surface area contributed by atoms with E-state index >= 15 is 0 Å². The smallest absolute Gasteiger partial charge is 0.176 e. The molecule has 1 aliphatic heterocycles. The maximum Gasteiger partial charge on any atom is 0.176 e. The second-order valence-electron chi connectivity index (χ2n) is 6.03. The molecule has 1 heterocycles. The number of nitrogens with one attached hydrogen (secondary N) is 2. The number of hydrogen-bond acceptors (Lipinski definition) is 4. The predicted octanol–water partition coefficient (Wildman–Crippen LogP) is 3.16. The number of carbonyl (C=O) groups excluding carboxylic acids is 1. The van der Waals surface area contributed by atoms with Gasteiger partial charge in [-0.15, -0.1) is 0 Å². The van der Waals surface area contributed by atoms with Crippen LogP contribution in [0.2, 0.25) is 0 Å². The second kappa shape index (κ2) is 6.84. The molecule has 1 aliphatic rings. The third-order valence-corrected chi connectivity index (χ3v) is 3.94. The van der Waals surface area contributed by atoms with Gasteiger partial charge in [-0.2, -0.15) is 0 Å². The lowest BCUT2D eigenvalue weighted by atomic mass is 10.1. The minimum Gasteiger partial charge on any atom is -0.487 e. The number of anilines is 1. The Hall–Kier alpha value is -2.33. The molecule has 2 aromatic rings. The van der Waals surface area contributed by atoms with Gasteiger partial charge in [0.15, 0.2) is 5.78 Å². The Morgan fingerprint density at radius 1 is 1.26 bits per heavy atom. The van der Waals surface area contributed by atoms with Gasteiger partial charge in [-0.25, -0.2) is 0 Å². The first-order valence-electron chi connectivity index (χ1n) is 7.96. The summed E-state index contributed by atoms with van der Waals surface area (Å²) < 4.78 is 5.73.